The molecule has 2 aromatic carbocycles. The van der Waals surface area contributed by atoms with Gasteiger partial charge in [0.2, 0.25) is 0 Å². The highest BCUT2D eigenvalue weighted by atomic mass is 16.1. The molecule has 32 heavy (non-hydrogen) atoms. The van der Waals surface area contributed by atoms with E-state index in [0.29, 0.717) is 5.54 Å². The van der Waals surface area contributed by atoms with Crippen LogP contribution in [-0.2, 0) is 6.54 Å². The zero-order valence-corrected chi connectivity index (χ0v) is 19.2. The second-order valence-corrected chi connectivity index (χ2v) is 11.1. The van der Waals surface area contributed by atoms with Crippen molar-refractivity contribution < 1.29 is 4.79 Å². The van der Waals surface area contributed by atoms with Crippen LogP contribution in [0.2, 0.25) is 0 Å². The van der Waals surface area contributed by atoms with Crippen LogP contribution in [0.15, 0.2) is 66.4 Å². The van der Waals surface area contributed by atoms with Gasteiger partial charge in [-0.25, -0.2) is 0 Å². The summed E-state index contributed by atoms with van der Waals surface area (Å²) in [6.45, 7) is 4.66. The lowest BCUT2D eigenvalue weighted by Gasteiger charge is -2.61. The van der Waals surface area contributed by atoms with Crippen LogP contribution in [-0.4, -0.2) is 34.3 Å². The maximum atomic E-state index is 13.6. The van der Waals surface area contributed by atoms with Crippen molar-refractivity contribution in [1.29, 1.82) is 0 Å². The van der Waals surface area contributed by atoms with Crippen LogP contribution in [0.4, 0.5) is 0 Å². The number of hydrogen-bond donors (Lipinski definition) is 0. The summed E-state index contributed by atoms with van der Waals surface area (Å²) in [5, 5.41) is 0. The molecule has 0 spiro atoms. The van der Waals surface area contributed by atoms with Crippen molar-refractivity contribution in [3.8, 4) is 0 Å². The van der Waals surface area contributed by atoms with E-state index in [1.54, 1.807) is 0 Å². The van der Waals surface area contributed by atoms with Crippen molar-refractivity contribution in [1.82, 2.24) is 9.80 Å². The van der Waals surface area contributed by atoms with Gasteiger partial charge >= 0.3 is 0 Å². The lowest BCUT2D eigenvalue weighted by Crippen LogP contribution is -2.63. The molecular formula is C29H34N2O. The molecule has 5 aliphatic rings. The Morgan fingerprint density at radius 1 is 0.906 bits per heavy atom. The number of nitrogens with zero attached hydrogens (tertiary/aromatic N) is 2. The summed E-state index contributed by atoms with van der Waals surface area (Å²) in [4.78, 5) is 18.7. The summed E-state index contributed by atoms with van der Waals surface area (Å²) < 4.78 is 0. The van der Waals surface area contributed by atoms with Crippen LogP contribution in [0.5, 0.6) is 0 Å². The van der Waals surface area contributed by atoms with E-state index >= 15 is 0 Å². The van der Waals surface area contributed by atoms with Gasteiger partial charge in [-0.15, -0.1) is 0 Å². The number of Topliss-reactive ketones (excluding diaryl/α,β-unsaturated/α-hetero) is 1. The number of carbonyl (C=O) groups excluding carboxylic acids is 1. The van der Waals surface area contributed by atoms with E-state index in [9.17, 15) is 4.79 Å². The van der Waals surface area contributed by atoms with Gasteiger partial charge in [-0.05, 0) is 68.8 Å². The Morgan fingerprint density at radius 2 is 1.53 bits per heavy atom. The topological polar surface area (TPSA) is 23.6 Å². The van der Waals surface area contributed by atoms with Gasteiger partial charge < -0.3 is 4.90 Å². The number of ketones is 1. The van der Waals surface area contributed by atoms with Crippen LogP contribution in [0.25, 0.3) is 0 Å². The molecule has 0 unspecified atom stereocenters. The lowest BCUT2D eigenvalue weighted by molar-refractivity contribution is -0.101. The highest BCUT2D eigenvalue weighted by Gasteiger charge is 2.54. The van der Waals surface area contributed by atoms with E-state index in [1.165, 1.54) is 49.7 Å². The summed E-state index contributed by atoms with van der Waals surface area (Å²) in [5.41, 5.74) is 4.57. The third-order valence-electron chi connectivity index (χ3n) is 8.56. The van der Waals surface area contributed by atoms with Gasteiger partial charge in [-0.1, -0.05) is 60.2 Å². The number of aryl methyl sites for hydroxylation is 1. The molecule has 0 amide bonds. The van der Waals surface area contributed by atoms with E-state index in [4.69, 9.17) is 0 Å². The minimum absolute atomic E-state index is 0.192. The van der Waals surface area contributed by atoms with Crippen molar-refractivity contribution in [2.45, 2.75) is 57.5 Å². The predicted molar refractivity (Wildman–Crippen MR) is 128 cm³/mol. The molecule has 3 heteroatoms. The van der Waals surface area contributed by atoms with Gasteiger partial charge in [0.15, 0.2) is 5.78 Å². The van der Waals surface area contributed by atoms with Gasteiger partial charge in [0, 0.05) is 36.0 Å². The molecule has 4 fully saturated rings. The number of benzene rings is 2. The Bertz CT molecular complexity index is 988. The molecule has 4 bridgehead atoms. The fourth-order valence-electron chi connectivity index (χ4n) is 7.48. The van der Waals surface area contributed by atoms with Crippen LogP contribution in [0.1, 0.15) is 60.0 Å². The molecule has 0 saturated heterocycles. The van der Waals surface area contributed by atoms with Gasteiger partial charge in [0.25, 0.3) is 0 Å². The first-order chi connectivity index (χ1) is 15.6. The normalized spacial score (nSPS) is 31.6. The predicted octanol–water partition coefficient (Wildman–Crippen LogP) is 5.81. The smallest absolute Gasteiger partial charge is 0.191 e. The van der Waals surface area contributed by atoms with Crippen molar-refractivity contribution in [3.05, 3.63) is 83.1 Å². The Kier molecular flexibility index (Phi) is 4.98. The van der Waals surface area contributed by atoms with Crippen LogP contribution in [0.3, 0.4) is 0 Å². The minimum Gasteiger partial charge on any atom is -0.360 e. The van der Waals surface area contributed by atoms with Crippen molar-refractivity contribution >= 4 is 5.78 Å². The molecule has 4 aliphatic carbocycles. The lowest BCUT2D eigenvalue weighted by atomic mass is 9.52. The Labute approximate surface area is 192 Å². The Morgan fingerprint density at radius 3 is 2.16 bits per heavy atom. The largest absolute Gasteiger partial charge is 0.360 e. The molecule has 0 atom stereocenters. The second kappa shape index (κ2) is 7.88. The van der Waals surface area contributed by atoms with Crippen molar-refractivity contribution in [2.75, 3.05) is 13.2 Å². The molecule has 1 aliphatic heterocycles. The molecule has 0 radical (unpaired) electrons. The molecule has 2 aromatic rings. The van der Waals surface area contributed by atoms with E-state index in [-0.39, 0.29) is 5.78 Å². The van der Waals surface area contributed by atoms with Crippen LogP contribution >= 0.6 is 0 Å². The fraction of sp³-hybridized carbons (Fsp3) is 0.483. The minimum atomic E-state index is 0.192. The highest BCUT2D eigenvalue weighted by molar-refractivity contribution is 6.09. The first-order valence-corrected chi connectivity index (χ1v) is 12.4. The van der Waals surface area contributed by atoms with Gasteiger partial charge in [0.1, 0.15) is 0 Å². The molecule has 0 aromatic heterocycles. The van der Waals surface area contributed by atoms with E-state index < -0.39 is 0 Å². The fourth-order valence-corrected chi connectivity index (χ4v) is 7.48. The first-order valence-electron chi connectivity index (χ1n) is 12.4. The van der Waals surface area contributed by atoms with Crippen LogP contribution in [0, 0.1) is 24.7 Å². The summed E-state index contributed by atoms with van der Waals surface area (Å²) in [6.07, 6.45) is 10.5. The monoisotopic (exact) mass is 426 g/mol. The Balaban J connectivity index is 1.31. The Hall–Kier alpha value is -2.39. The third kappa shape index (κ3) is 3.71. The number of rotatable bonds is 5. The summed E-state index contributed by atoms with van der Waals surface area (Å²) in [7, 11) is 0. The SMILES string of the molecule is Cc1ccc(C(=O)C2=CN(Cc3ccccc3)CN(C34CC5CC(CC(C5)C3)C4)C2)cc1. The van der Waals surface area contributed by atoms with Gasteiger partial charge in [-0.3, -0.25) is 9.69 Å². The zero-order chi connectivity index (χ0) is 21.7. The molecule has 166 valence electrons. The zero-order valence-electron chi connectivity index (χ0n) is 19.2. The summed E-state index contributed by atoms with van der Waals surface area (Å²) in [5.74, 6) is 2.92. The first kappa shape index (κ1) is 20.2. The summed E-state index contributed by atoms with van der Waals surface area (Å²) >= 11 is 0. The number of carbonyl (C=O) groups is 1. The van der Waals surface area contributed by atoms with E-state index in [0.717, 1.165) is 48.6 Å². The van der Waals surface area contributed by atoms with Crippen molar-refractivity contribution in [3.63, 3.8) is 0 Å². The third-order valence-corrected chi connectivity index (χ3v) is 8.56. The molecule has 3 nitrogen and oxygen atoms in total. The highest BCUT2D eigenvalue weighted by Crippen LogP contribution is 2.58. The maximum Gasteiger partial charge on any atom is 0.191 e. The molecule has 0 N–H and O–H groups in total. The van der Waals surface area contributed by atoms with E-state index in [1.807, 2.05) is 12.1 Å². The number of hydrogen-bond acceptors (Lipinski definition) is 3. The van der Waals surface area contributed by atoms with Crippen molar-refractivity contribution in [2.24, 2.45) is 17.8 Å². The average molecular weight is 427 g/mol. The second-order valence-electron chi connectivity index (χ2n) is 11.1. The standard InChI is InChI=1S/C29H34N2O/c1-21-7-9-26(10-8-21)28(32)27-18-30(17-22-5-3-2-4-6-22)20-31(19-27)29-14-23-11-24(15-29)13-25(12-23)16-29/h2-10,18,23-25H,11-17,19-20H2,1H3. The average Bonchev–Trinajstić information content (AvgIpc) is 2.79. The van der Waals surface area contributed by atoms with Gasteiger partial charge in [-0.2, -0.15) is 0 Å². The van der Waals surface area contributed by atoms with Gasteiger partial charge in [0.05, 0.1) is 6.67 Å². The van der Waals surface area contributed by atoms with E-state index in [2.05, 4.69) is 65.4 Å². The quantitative estimate of drug-likeness (QED) is 0.564. The maximum absolute atomic E-state index is 13.6. The molecule has 7 rings (SSSR count). The van der Waals surface area contributed by atoms with Crippen LogP contribution < -0.4 is 0 Å². The summed E-state index contributed by atoms with van der Waals surface area (Å²) in [6, 6.07) is 18.8. The molecule has 1 heterocycles. The molecular weight excluding hydrogens is 392 g/mol. The molecule has 4 saturated carbocycles.